The highest BCUT2D eigenvalue weighted by Crippen LogP contribution is 2.46. The topological polar surface area (TPSA) is 55.6 Å². The molecule has 5 rings (SSSR count). The van der Waals surface area contributed by atoms with Crippen LogP contribution in [0.1, 0.15) is 54.5 Å². The Bertz CT molecular complexity index is 851. The molecule has 2 aromatic rings. The van der Waals surface area contributed by atoms with Gasteiger partial charge in [0.25, 0.3) is 0 Å². The second kappa shape index (κ2) is 6.64. The van der Waals surface area contributed by atoms with Gasteiger partial charge in [0.15, 0.2) is 5.89 Å². The van der Waals surface area contributed by atoms with Gasteiger partial charge in [0.05, 0.1) is 24.5 Å². The number of oxazole rings is 1. The number of hydrogen-bond donors (Lipinski definition) is 0. The molecule has 1 saturated carbocycles. The highest BCUT2D eigenvalue weighted by Gasteiger charge is 2.48. The Morgan fingerprint density at radius 1 is 1.26 bits per heavy atom. The number of aromatic nitrogens is 1. The van der Waals surface area contributed by atoms with Crippen LogP contribution in [-0.4, -0.2) is 35.5 Å². The summed E-state index contributed by atoms with van der Waals surface area (Å²) in [4.78, 5) is 20.2. The monoisotopic (exact) mass is 386 g/mol. The average Bonchev–Trinajstić information content (AvgIpc) is 3.30. The molecular formula is C21H23ClN2O3. The molecule has 1 aliphatic carbocycles. The minimum absolute atomic E-state index is 0.218. The van der Waals surface area contributed by atoms with Gasteiger partial charge in [0, 0.05) is 24.6 Å². The van der Waals surface area contributed by atoms with Gasteiger partial charge in [-0.3, -0.25) is 4.79 Å². The maximum atomic E-state index is 13.5. The number of halogens is 1. The fourth-order valence-corrected chi connectivity index (χ4v) is 4.65. The lowest BCUT2D eigenvalue weighted by atomic mass is 9.63. The van der Waals surface area contributed by atoms with Crippen molar-refractivity contribution >= 4 is 17.5 Å². The maximum Gasteiger partial charge on any atom is 0.233 e. The van der Waals surface area contributed by atoms with Crippen molar-refractivity contribution in [2.24, 2.45) is 0 Å². The minimum atomic E-state index is -0.395. The number of carbonyl (C=O) groups excluding carboxylic acids is 1. The van der Waals surface area contributed by atoms with E-state index in [1.165, 1.54) is 0 Å². The van der Waals surface area contributed by atoms with Crippen molar-refractivity contribution in [3.63, 3.8) is 0 Å². The molecule has 0 spiro atoms. The SMILES string of the molecule is O=C(N1CCc2oc(C3CCOC3)nc2C1)C1(c2ccc(Cl)cc2)CCC1. The minimum Gasteiger partial charge on any atom is -0.445 e. The molecule has 27 heavy (non-hydrogen) atoms. The lowest BCUT2D eigenvalue weighted by Gasteiger charge is -2.44. The Kier molecular flexibility index (Phi) is 4.25. The fraction of sp³-hybridized carbons (Fsp3) is 0.524. The first-order valence-corrected chi connectivity index (χ1v) is 10.2. The quantitative estimate of drug-likeness (QED) is 0.804. The number of fused-ring (bicyclic) bond motifs is 1. The van der Waals surface area contributed by atoms with E-state index in [1.54, 1.807) is 0 Å². The number of carbonyl (C=O) groups is 1. The summed E-state index contributed by atoms with van der Waals surface area (Å²) in [7, 11) is 0. The van der Waals surface area contributed by atoms with E-state index in [2.05, 4.69) is 0 Å². The molecule has 0 bridgehead atoms. The van der Waals surface area contributed by atoms with E-state index in [0.29, 0.717) is 24.7 Å². The van der Waals surface area contributed by atoms with Crippen LogP contribution >= 0.6 is 11.6 Å². The Balaban J connectivity index is 1.37. The van der Waals surface area contributed by atoms with Gasteiger partial charge in [0.2, 0.25) is 5.91 Å². The molecule has 2 aliphatic heterocycles. The van der Waals surface area contributed by atoms with Crippen LogP contribution in [0.4, 0.5) is 0 Å². The molecule has 1 aromatic carbocycles. The van der Waals surface area contributed by atoms with E-state index < -0.39 is 5.41 Å². The Hall–Kier alpha value is -1.85. The number of rotatable bonds is 3. The van der Waals surface area contributed by atoms with Crippen molar-refractivity contribution < 1.29 is 13.9 Å². The molecule has 1 saturated heterocycles. The number of ether oxygens (including phenoxy) is 1. The van der Waals surface area contributed by atoms with Crippen LogP contribution in [0.15, 0.2) is 28.7 Å². The third kappa shape index (κ3) is 2.88. The van der Waals surface area contributed by atoms with Crippen LogP contribution in [-0.2, 0) is 27.9 Å². The van der Waals surface area contributed by atoms with Crippen molar-refractivity contribution in [1.82, 2.24) is 9.88 Å². The van der Waals surface area contributed by atoms with Gasteiger partial charge >= 0.3 is 0 Å². The fourth-order valence-electron chi connectivity index (χ4n) is 4.52. The summed E-state index contributed by atoms with van der Waals surface area (Å²) >= 11 is 6.04. The highest BCUT2D eigenvalue weighted by molar-refractivity contribution is 6.30. The van der Waals surface area contributed by atoms with Crippen LogP contribution in [0.3, 0.4) is 0 Å². The molecule has 3 heterocycles. The van der Waals surface area contributed by atoms with E-state index in [4.69, 9.17) is 25.7 Å². The van der Waals surface area contributed by atoms with Gasteiger partial charge < -0.3 is 14.1 Å². The van der Waals surface area contributed by atoms with Gasteiger partial charge in [-0.15, -0.1) is 0 Å². The number of amides is 1. The molecule has 1 aromatic heterocycles. The predicted octanol–water partition coefficient (Wildman–Crippen LogP) is 3.84. The molecule has 2 fully saturated rings. The molecule has 1 amide bonds. The predicted molar refractivity (Wildman–Crippen MR) is 101 cm³/mol. The third-order valence-corrected chi connectivity index (χ3v) is 6.58. The van der Waals surface area contributed by atoms with Crippen LogP contribution in [0.5, 0.6) is 0 Å². The zero-order valence-electron chi connectivity index (χ0n) is 15.2. The highest BCUT2D eigenvalue weighted by atomic mass is 35.5. The molecule has 3 aliphatic rings. The van der Waals surface area contributed by atoms with Gasteiger partial charge in [-0.25, -0.2) is 4.98 Å². The summed E-state index contributed by atoms with van der Waals surface area (Å²) in [6.45, 7) is 2.69. The van der Waals surface area contributed by atoms with Gasteiger partial charge in [-0.2, -0.15) is 0 Å². The second-order valence-electron chi connectivity index (χ2n) is 7.90. The van der Waals surface area contributed by atoms with Crippen molar-refractivity contribution in [3.05, 3.63) is 52.2 Å². The second-order valence-corrected chi connectivity index (χ2v) is 8.34. The lowest BCUT2D eigenvalue weighted by molar-refractivity contribution is -0.142. The van der Waals surface area contributed by atoms with Crippen LogP contribution in [0, 0.1) is 0 Å². The summed E-state index contributed by atoms with van der Waals surface area (Å²) in [5.74, 6) is 2.19. The summed E-state index contributed by atoms with van der Waals surface area (Å²) in [6.07, 6.45) is 4.59. The summed E-state index contributed by atoms with van der Waals surface area (Å²) < 4.78 is 11.5. The Morgan fingerprint density at radius 2 is 2.07 bits per heavy atom. The van der Waals surface area contributed by atoms with E-state index >= 15 is 0 Å². The lowest BCUT2D eigenvalue weighted by Crippen LogP contribution is -2.52. The molecule has 1 unspecified atom stereocenters. The molecular weight excluding hydrogens is 364 g/mol. The van der Waals surface area contributed by atoms with Crippen LogP contribution in [0.25, 0.3) is 0 Å². The van der Waals surface area contributed by atoms with E-state index in [-0.39, 0.29) is 11.8 Å². The Morgan fingerprint density at radius 3 is 2.74 bits per heavy atom. The Labute approximate surface area is 163 Å². The number of nitrogens with zero attached hydrogens (tertiary/aromatic N) is 2. The maximum absolute atomic E-state index is 13.5. The molecule has 142 valence electrons. The average molecular weight is 387 g/mol. The first kappa shape index (κ1) is 17.3. The van der Waals surface area contributed by atoms with Crippen molar-refractivity contribution in [2.45, 2.75) is 50.0 Å². The van der Waals surface area contributed by atoms with E-state index in [1.807, 2.05) is 29.2 Å². The number of hydrogen-bond acceptors (Lipinski definition) is 4. The smallest absolute Gasteiger partial charge is 0.233 e. The zero-order chi connectivity index (χ0) is 18.4. The first-order valence-electron chi connectivity index (χ1n) is 9.77. The van der Waals surface area contributed by atoms with E-state index in [9.17, 15) is 4.79 Å². The van der Waals surface area contributed by atoms with Crippen LogP contribution in [0.2, 0.25) is 5.02 Å². The third-order valence-electron chi connectivity index (χ3n) is 6.32. The van der Waals surface area contributed by atoms with Gasteiger partial charge in [-0.05, 0) is 37.0 Å². The number of benzene rings is 1. The molecule has 0 radical (unpaired) electrons. The largest absolute Gasteiger partial charge is 0.445 e. The van der Waals surface area contributed by atoms with Crippen molar-refractivity contribution in [1.29, 1.82) is 0 Å². The van der Waals surface area contributed by atoms with Gasteiger partial charge in [-0.1, -0.05) is 30.2 Å². The summed E-state index contributed by atoms with van der Waals surface area (Å²) in [5, 5.41) is 0.703. The first-order chi connectivity index (χ1) is 13.2. The molecule has 1 atom stereocenters. The molecule has 5 nitrogen and oxygen atoms in total. The van der Waals surface area contributed by atoms with E-state index in [0.717, 1.165) is 61.6 Å². The summed E-state index contributed by atoms with van der Waals surface area (Å²) in [6, 6.07) is 7.77. The zero-order valence-corrected chi connectivity index (χ0v) is 16.0. The molecule has 6 heteroatoms. The van der Waals surface area contributed by atoms with Crippen LogP contribution < -0.4 is 0 Å². The standard InChI is InChI=1S/C21H23ClN2O3/c22-16-4-2-15(3-5-16)21(8-1-9-21)20(25)24-10-6-18-17(12-24)23-19(27-18)14-7-11-26-13-14/h2-5,14H,1,6-13H2. The molecule has 0 N–H and O–H groups in total. The van der Waals surface area contributed by atoms with Crippen molar-refractivity contribution in [3.8, 4) is 0 Å². The normalized spacial score (nSPS) is 23.7. The van der Waals surface area contributed by atoms with Gasteiger partial charge in [0.1, 0.15) is 11.5 Å². The summed E-state index contributed by atoms with van der Waals surface area (Å²) in [5.41, 5.74) is 1.61. The van der Waals surface area contributed by atoms with Crippen molar-refractivity contribution in [2.75, 3.05) is 19.8 Å².